The highest BCUT2D eigenvalue weighted by Gasteiger charge is 2.12. The first-order valence-electron chi connectivity index (χ1n) is 6.43. The van der Waals surface area contributed by atoms with Crippen LogP contribution in [0.5, 0.6) is 0 Å². The van der Waals surface area contributed by atoms with Gasteiger partial charge in [-0.1, -0.05) is 40.3 Å². The lowest BCUT2D eigenvalue weighted by Gasteiger charge is -2.20. The minimum Gasteiger partial charge on any atom is -0.0753 e. The molecule has 0 amide bonds. The number of benzene rings is 1. The van der Waals surface area contributed by atoms with Gasteiger partial charge >= 0.3 is 0 Å². The second-order valence-electron chi connectivity index (χ2n) is 4.58. The predicted octanol–water partition coefficient (Wildman–Crippen LogP) is 4.54. The highest BCUT2D eigenvalue weighted by molar-refractivity contribution is 7.65. The molecule has 0 bridgehead atoms. The summed E-state index contributed by atoms with van der Waals surface area (Å²) in [4.78, 5) is 0. The van der Waals surface area contributed by atoms with Gasteiger partial charge in [-0.05, 0) is 61.5 Å². The van der Waals surface area contributed by atoms with Crippen LogP contribution in [0.3, 0.4) is 0 Å². The van der Waals surface area contributed by atoms with E-state index in [0.29, 0.717) is 0 Å². The molecule has 0 fully saturated rings. The molecule has 0 aliphatic heterocycles. The minimum atomic E-state index is 0.0911. The Bertz CT molecular complexity index is 342. The van der Waals surface area contributed by atoms with Crippen molar-refractivity contribution in [3.63, 3.8) is 0 Å². The van der Waals surface area contributed by atoms with Crippen LogP contribution < -0.4 is 5.30 Å². The highest BCUT2D eigenvalue weighted by Crippen LogP contribution is 2.37. The zero-order valence-electron chi connectivity index (χ0n) is 11.4. The summed E-state index contributed by atoms with van der Waals surface area (Å²) >= 11 is 0. The lowest BCUT2D eigenvalue weighted by molar-refractivity contribution is 0.891. The number of hydrogen-bond acceptors (Lipinski definition) is 0. The average Bonchev–Trinajstić information content (AvgIpc) is 2.29. The zero-order valence-corrected chi connectivity index (χ0v) is 12.3. The van der Waals surface area contributed by atoms with E-state index in [1.807, 2.05) is 0 Å². The van der Waals surface area contributed by atoms with Crippen LogP contribution in [0.4, 0.5) is 0 Å². The number of hydrogen-bond donors (Lipinski definition) is 0. The van der Waals surface area contributed by atoms with Crippen molar-refractivity contribution < 1.29 is 0 Å². The molecule has 0 heterocycles. The van der Waals surface area contributed by atoms with Crippen molar-refractivity contribution >= 4 is 13.2 Å². The fourth-order valence-electron chi connectivity index (χ4n) is 2.08. The van der Waals surface area contributed by atoms with E-state index in [-0.39, 0.29) is 7.92 Å². The van der Waals surface area contributed by atoms with Gasteiger partial charge in [-0.2, -0.15) is 0 Å². The Morgan fingerprint density at radius 2 is 1.69 bits per heavy atom. The molecule has 0 N–H and O–H groups in total. The molecule has 1 atom stereocenters. The summed E-state index contributed by atoms with van der Waals surface area (Å²) in [5.41, 5.74) is 4.47. The molecule has 1 unspecified atom stereocenters. The van der Waals surface area contributed by atoms with Crippen LogP contribution in [0.1, 0.15) is 43.4 Å². The van der Waals surface area contributed by atoms with Crippen molar-refractivity contribution in [3.05, 3.63) is 28.8 Å². The van der Waals surface area contributed by atoms with Crippen LogP contribution in [-0.2, 0) is 0 Å². The van der Waals surface area contributed by atoms with Crippen LogP contribution in [0.15, 0.2) is 12.1 Å². The van der Waals surface area contributed by atoms with Crippen LogP contribution in [0.25, 0.3) is 0 Å². The molecule has 1 rings (SSSR count). The number of aryl methyl sites for hydroxylation is 1. The lowest BCUT2D eigenvalue weighted by Crippen LogP contribution is -2.11. The number of rotatable bonds is 5. The molecule has 16 heavy (non-hydrogen) atoms. The molecular weight excluding hydrogens is 211 g/mol. The Kier molecular flexibility index (Phi) is 5.49. The molecule has 1 aromatic rings. The van der Waals surface area contributed by atoms with Gasteiger partial charge in [0.05, 0.1) is 0 Å². The SMILES string of the molecule is CCCCP(CC)c1ccc(C)c(C)c1C. The summed E-state index contributed by atoms with van der Waals surface area (Å²) in [5, 5.41) is 1.65. The Balaban J connectivity index is 2.96. The smallest absolute Gasteiger partial charge is 0.0209 e. The predicted molar refractivity (Wildman–Crippen MR) is 77.5 cm³/mol. The third-order valence-electron chi connectivity index (χ3n) is 3.53. The highest BCUT2D eigenvalue weighted by atomic mass is 31.1. The number of unbranched alkanes of at least 4 members (excludes halogenated alkanes) is 1. The third-order valence-corrected chi connectivity index (χ3v) is 6.32. The Morgan fingerprint density at radius 1 is 1.00 bits per heavy atom. The van der Waals surface area contributed by atoms with Crippen molar-refractivity contribution in [2.24, 2.45) is 0 Å². The topological polar surface area (TPSA) is 0 Å². The van der Waals surface area contributed by atoms with E-state index < -0.39 is 0 Å². The largest absolute Gasteiger partial charge is 0.0753 e. The van der Waals surface area contributed by atoms with E-state index in [1.54, 1.807) is 10.9 Å². The van der Waals surface area contributed by atoms with Crippen molar-refractivity contribution in [2.45, 2.75) is 47.5 Å². The first-order valence-corrected chi connectivity index (χ1v) is 8.14. The Labute approximate surface area is 102 Å². The van der Waals surface area contributed by atoms with E-state index in [1.165, 1.54) is 36.3 Å². The third kappa shape index (κ3) is 3.08. The van der Waals surface area contributed by atoms with Gasteiger partial charge in [0.15, 0.2) is 0 Å². The summed E-state index contributed by atoms with van der Waals surface area (Å²) in [6, 6.07) is 4.68. The van der Waals surface area contributed by atoms with Crippen molar-refractivity contribution in [1.82, 2.24) is 0 Å². The molecule has 0 aromatic heterocycles. The van der Waals surface area contributed by atoms with Crippen LogP contribution >= 0.6 is 7.92 Å². The molecule has 0 spiro atoms. The van der Waals surface area contributed by atoms with E-state index in [9.17, 15) is 0 Å². The van der Waals surface area contributed by atoms with Gasteiger partial charge in [0, 0.05) is 0 Å². The van der Waals surface area contributed by atoms with Crippen LogP contribution in [-0.4, -0.2) is 12.3 Å². The van der Waals surface area contributed by atoms with Gasteiger partial charge in [-0.25, -0.2) is 0 Å². The molecule has 0 saturated heterocycles. The summed E-state index contributed by atoms with van der Waals surface area (Å²) in [7, 11) is 0.0911. The van der Waals surface area contributed by atoms with Gasteiger partial charge in [-0.15, -0.1) is 0 Å². The fraction of sp³-hybridized carbons (Fsp3) is 0.600. The normalized spacial score (nSPS) is 12.8. The maximum atomic E-state index is 2.38. The lowest BCUT2D eigenvalue weighted by atomic mass is 10.1. The first kappa shape index (κ1) is 13.7. The maximum Gasteiger partial charge on any atom is -0.0209 e. The van der Waals surface area contributed by atoms with E-state index in [0.717, 1.165) is 0 Å². The van der Waals surface area contributed by atoms with Gasteiger partial charge < -0.3 is 0 Å². The summed E-state index contributed by atoms with van der Waals surface area (Å²) < 4.78 is 0. The standard InChI is InChI=1S/C15H25P/c1-6-8-11-16(7-2)15-10-9-12(3)13(4)14(15)5/h9-10H,6-8,11H2,1-5H3. The average molecular weight is 236 g/mol. The molecule has 1 aromatic carbocycles. The molecule has 0 radical (unpaired) electrons. The maximum absolute atomic E-state index is 2.38. The Morgan fingerprint density at radius 3 is 2.25 bits per heavy atom. The van der Waals surface area contributed by atoms with Crippen molar-refractivity contribution in [1.29, 1.82) is 0 Å². The first-order chi connectivity index (χ1) is 7.61. The molecule has 0 aliphatic rings. The van der Waals surface area contributed by atoms with E-state index in [2.05, 4.69) is 46.8 Å². The Hall–Kier alpha value is -0.350. The fourth-order valence-corrected chi connectivity index (χ4v) is 4.61. The quantitative estimate of drug-likeness (QED) is 0.658. The molecule has 0 nitrogen and oxygen atoms in total. The van der Waals surface area contributed by atoms with E-state index in [4.69, 9.17) is 0 Å². The van der Waals surface area contributed by atoms with Gasteiger partial charge in [-0.3, -0.25) is 0 Å². The summed E-state index contributed by atoms with van der Waals surface area (Å²) in [5.74, 6) is 0. The summed E-state index contributed by atoms with van der Waals surface area (Å²) in [6.07, 6.45) is 5.44. The molecule has 1 heteroatoms. The van der Waals surface area contributed by atoms with Gasteiger partial charge in [0.25, 0.3) is 0 Å². The zero-order chi connectivity index (χ0) is 12.1. The minimum absolute atomic E-state index is 0.0911. The van der Waals surface area contributed by atoms with Crippen LogP contribution in [0, 0.1) is 20.8 Å². The monoisotopic (exact) mass is 236 g/mol. The molecule has 0 saturated carbocycles. The van der Waals surface area contributed by atoms with Crippen molar-refractivity contribution in [2.75, 3.05) is 12.3 Å². The van der Waals surface area contributed by atoms with Gasteiger partial charge in [0.2, 0.25) is 0 Å². The second-order valence-corrected chi connectivity index (χ2v) is 7.23. The second kappa shape index (κ2) is 6.40. The van der Waals surface area contributed by atoms with Crippen molar-refractivity contribution in [3.8, 4) is 0 Å². The van der Waals surface area contributed by atoms with Crippen LogP contribution in [0.2, 0.25) is 0 Å². The molecule has 90 valence electrons. The summed E-state index contributed by atoms with van der Waals surface area (Å²) in [6.45, 7) is 11.4. The van der Waals surface area contributed by atoms with Gasteiger partial charge in [0.1, 0.15) is 0 Å². The molecular formula is C15H25P. The van der Waals surface area contributed by atoms with E-state index >= 15 is 0 Å². The molecule has 0 aliphatic carbocycles.